The average molecular weight is 273 g/mol. The van der Waals surface area contributed by atoms with Crippen molar-refractivity contribution in [2.24, 2.45) is 0 Å². The van der Waals surface area contributed by atoms with Gasteiger partial charge in [-0.25, -0.2) is 4.98 Å². The van der Waals surface area contributed by atoms with Gasteiger partial charge in [0.2, 0.25) is 0 Å². The van der Waals surface area contributed by atoms with E-state index in [1.807, 2.05) is 24.3 Å². The first-order valence-electron chi connectivity index (χ1n) is 5.82. The third-order valence-electron chi connectivity index (χ3n) is 2.68. The zero-order valence-electron chi connectivity index (χ0n) is 9.96. The summed E-state index contributed by atoms with van der Waals surface area (Å²) in [6, 6.07) is 7.84. The highest BCUT2D eigenvalue weighted by molar-refractivity contribution is 7.03. The predicted molar refractivity (Wildman–Crippen MR) is 72.0 cm³/mol. The standard InChI is InChI=1S/C12H11N5OS/c18-12(10-7-19-17-16-10)13-6-5-11-14-8-3-1-2-4-9(8)15-11/h1-4,7H,5-6H2,(H,13,18)(H,14,15). The second-order valence-electron chi connectivity index (χ2n) is 4.00. The molecule has 0 unspecified atom stereocenters. The van der Waals surface area contributed by atoms with Gasteiger partial charge in [-0.3, -0.25) is 4.79 Å². The van der Waals surface area contributed by atoms with Gasteiger partial charge in [0, 0.05) is 18.3 Å². The van der Waals surface area contributed by atoms with Crippen molar-refractivity contribution in [2.45, 2.75) is 6.42 Å². The quantitative estimate of drug-likeness (QED) is 0.752. The summed E-state index contributed by atoms with van der Waals surface area (Å²) in [5.74, 6) is 0.655. The van der Waals surface area contributed by atoms with E-state index in [0.29, 0.717) is 18.7 Å². The molecule has 1 aromatic carbocycles. The molecule has 7 heteroatoms. The lowest BCUT2D eigenvalue weighted by molar-refractivity contribution is 0.0949. The predicted octanol–water partition coefficient (Wildman–Crippen LogP) is 1.39. The second-order valence-corrected chi connectivity index (χ2v) is 4.61. The Bertz CT molecular complexity index is 658. The van der Waals surface area contributed by atoms with Crippen LogP contribution in [0.2, 0.25) is 0 Å². The second kappa shape index (κ2) is 5.15. The van der Waals surface area contributed by atoms with Crippen LogP contribution < -0.4 is 5.32 Å². The van der Waals surface area contributed by atoms with E-state index in [0.717, 1.165) is 28.4 Å². The van der Waals surface area contributed by atoms with Crippen LogP contribution in [0.3, 0.4) is 0 Å². The van der Waals surface area contributed by atoms with Gasteiger partial charge in [-0.2, -0.15) is 0 Å². The van der Waals surface area contributed by atoms with Crippen molar-refractivity contribution in [1.29, 1.82) is 0 Å². The van der Waals surface area contributed by atoms with Crippen LogP contribution in [0.25, 0.3) is 11.0 Å². The molecule has 6 nitrogen and oxygen atoms in total. The fourth-order valence-corrected chi connectivity index (χ4v) is 2.21. The summed E-state index contributed by atoms with van der Waals surface area (Å²) in [7, 11) is 0. The minimum absolute atomic E-state index is 0.204. The maximum atomic E-state index is 11.6. The summed E-state index contributed by atoms with van der Waals surface area (Å²) in [4.78, 5) is 19.3. The monoisotopic (exact) mass is 273 g/mol. The topological polar surface area (TPSA) is 83.6 Å². The van der Waals surface area contributed by atoms with E-state index in [1.54, 1.807) is 5.38 Å². The zero-order valence-corrected chi connectivity index (χ0v) is 10.8. The molecule has 1 amide bonds. The van der Waals surface area contributed by atoms with Crippen molar-refractivity contribution in [3.05, 3.63) is 41.2 Å². The van der Waals surface area contributed by atoms with Crippen molar-refractivity contribution in [2.75, 3.05) is 6.54 Å². The molecule has 0 bridgehead atoms. The fraction of sp³-hybridized carbons (Fsp3) is 0.167. The number of H-pyrrole nitrogens is 1. The molecule has 2 N–H and O–H groups in total. The molecule has 0 atom stereocenters. The van der Waals surface area contributed by atoms with E-state index in [-0.39, 0.29) is 5.91 Å². The number of benzene rings is 1. The van der Waals surface area contributed by atoms with Crippen LogP contribution in [0, 0.1) is 0 Å². The van der Waals surface area contributed by atoms with Gasteiger partial charge in [0.1, 0.15) is 5.82 Å². The maximum absolute atomic E-state index is 11.6. The Morgan fingerprint density at radius 1 is 1.37 bits per heavy atom. The van der Waals surface area contributed by atoms with E-state index in [2.05, 4.69) is 24.9 Å². The molecule has 0 aliphatic heterocycles. The first kappa shape index (κ1) is 11.8. The maximum Gasteiger partial charge on any atom is 0.272 e. The lowest BCUT2D eigenvalue weighted by Gasteiger charge is -2.00. The molecule has 0 radical (unpaired) electrons. The lowest BCUT2D eigenvalue weighted by atomic mass is 10.3. The fourth-order valence-electron chi connectivity index (χ4n) is 1.77. The van der Waals surface area contributed by atoms with Crippen LogP contribution >= 0.6 is 11.5 Å². The van der Waals surface area contributed by atoms with Gasteiger partial charge < -0.3 is 10.3 Å². The van der Waals surface area contributed by atoms with E-state index >= 15 is 0 Å². The van der Waals surface area contributed by atoms with E-state index in [9.17, 15) is 4.79 Å². The number of amides is 1. The molecule has 19 heavy (non-hydrogen) atoms. The highest BCUT2D eigenvalue weighted by Crippen LogP contribution is 2.10. The van der Waals surface area contributed by atoms with E-state index < -0.39 is 0 Å². The van der Waals surface area contributed by atoms with Crippen molar-refractivity contribution < 1.29 is 4.79 Å². The van der Waals surface area contributed by atoms with Crippen molar-refractivity contribution >= 4 is 28.5 Å². The summed E-state index contributed by atoms with van der Waals surface area (Å²) in [6.45, 7) is 0.510. The number of para-hydroxylation sites is 2. The van der Waals surface area contributed by atoms with Gasteiger partial charge >= 0.3 is 0 Å². The van der Waals surface area contributed by atoms with Crippen LogP contribution in [0.4, 0.5) is 0 Å². The van der Waals surface area contributed by atoms with Gasteiger partial charge in [-0.15, -0.1) is 5.10 Å². The first-order valence-corrected chi connectivity index (χ1v) is 6.65. The van der Waals surface area contributed by atoms with Crippen LogP contribution in [-0.2, 0) is 6.42 Å². The van der Waals surface area contributed by atoms with Crippen molar-refractivity contribution in [3.8, 4) is 0 Å². The molecule has 3 aromatic rings. The lowest BCUT2D eigenvalue weighted by Crippen LogP contribution is -2.26. The largest absolute Gasteiger partial charge is 0.350 e. The molecule has 2 aromatic heterocycles. The van der Waals surface area contributed by atoms with Gasteiger partial charge in [-0.1, -0.05) is 16.6 Å². The molecule has 0 spiro atoms. The molecule has 0 fully saturated rings. The first-order chi connectivity index (χ1) is 9.33. The molecule has 0 aliphatic rings. The number of fused-ring (bicyclic) bond motifs is 1. The Labute approximate surface area is 113 Å². The summed E-state index contributed by atoms with van der Waals surface area (Å²) < 4.78 is 3.65. The highest BCUT2D eigenvalue weighted by Gasteiger charge is 2.08. The Kier molecular flexibility index (Phi) is 3.20. The summed E-state index contributed by atoms with van der Waals surface area (Å²) in [5, 5.41) is 8.11. The number of nitrogens with zero attached hydrogens (tertiary/aromatic N) is 3. The molecule has 2 heterocycles. The minimum atomic E-state index is -0.204. The molecule has 0 saturated carbocycles. The Balaban J connectivity index is 1.59. The summed E-state index contributed by atoms with van der Waals surface area (Å²) >= 11 is 1.16. The van der Waals surface area contributed by atoms with Crippen molar-refractivity contribution in [3.63, 3.8) is 0 Å². The zero-order chi connectivity index (χ0) is 13.1. The Hall–Kier alpha value is -2.28. The Morgan fingerprint density at radius 2 is 2.26 bits per heavy atom. The van der Waals surface area contributed by atoms with Gasteiger partial charge in [-0.05, 0) is 23.7 Å². The highest BCUT2D eigenvalue weighted by atomic mass is 32.1. The average Bonchev–Trinajstić information content (AvgIpc) is 3.07. The van der Waals surface area contributed by atoms with Crippen LogP contribution in [0.5, 0.6) is 0 Å². The third kappa shape index (κ3) is 2.60. The smallest absolute Gasteiger partial charge is 0.272 e. The van der Waals surface area contributed by atoms with Crippen molar-refractivity contribution in [1.82, 2.24) is 24.9 Å². The summed E-state index contributed by atoms with van der Waals surface area (Å²) in [6.07, 6.45) is 0.651. The summed E-state index contributed by atoms with van der Waals surface area (Å²) in [5.41, 5.74) is 2.30. The number of carbonyl (C=O) groups excluding carboxylic acids is 1. The Morgan fingerprint density at radius 3 is 3.05 bits per heavy atom. The van der Waals surface area contributed by atoms with Crippen LogP contribution in [0.1, 0.15) is 16.3 Å². The number of aromatic amines is 1. The number of hydrogen-bond donors (Lipinski definition) is 2. The van der Waals surface area contributed by atoms with Crippen LogP contribution in [-0.4, -0.2) is 32.0 Å². The van der Waals surface area contributed by atoms with Gasteiger partial charge in [0.15, 0.2) is 5.69 Å². The molecular formula is C12H11N5OS. The molecular weight excluding hydrogens is 262 g/mol. The molecule has 0 aliphatic carbocycles. The van der Waals surface area contributed by atoms with Gasteiger partial charge in [0.25, 0.3) is 5.91 Å². The number of imidazole rings is 1. The number of carbonyl (C=O) groups is 1. The number of rotatable bonds is 4. The molecule has 3 rings (SSSR count). The minimum Gasteiger partial charge on any atom is -0.350 e. The third-order valence-corrected chi connectivity index (χ3v) is 3.18. The number of hydrogen-bond acceptors (Lipinski definition) is 5. The van der Waals surface area contributed by atoms with Crippen LogP contribution in [0.15, 0.2) is 29.6 Å². The SMILES string of the molecule is O=C(NCCc1nc2ccccc2[nH]1)c1csnn1. The van der Waals surface area contributed by atoms with E-state index in [4.69, 9.17) is 0 Å². The molecule has 96 valence electrons. The van der Waals surface area contributed by atoms with E-state index in [1.165, 1.54) is 0 Å². The number of nitrogens with one attached hydrogen (secondary N) is 2. The molecule has 0 saturated heterocycles. The van der Waals surface area contributed by atoms with Gasteiger partial charge in [0.05, 0.1) is 11.0 Å². The normalized spacial score (nSPS) is 10.7. The number of aromatic nitrogens is 4.